The average Bonchev–Trinajstić information content (AvgIpc) is 3.36. The summed E-state index contributed by atoms with van der Waals surface area (Å²) >= 11 is 0. The van der Waals surface area contributed by atoms with Gasteiger partial charge in [0.1, 0.15) is 0 Å². The molecule has 2 unspecified atom stereocenters. The highest BCUT2D eigenvalue weighted by Crippen LogP contribution is 2.41. The number of hydrogen-bond acceptors (Lipinski definition) is 3. The predicted octanol–water partition coefficient (Wildman–Crippen LogP) is 3.07. The van der Waals surface area contributed by atoms with Gasteiger partial charge in [-0.2, -0.15) is 0 Å². The number of fused-ring (bicyclic) bond motifs is 1. The number of nitrogens with one attached hydrogen (secondary N) is 1. The van der Waals surface area contributed by atoms with Crippen LogP contribution < -0.4 is 0 Å². The van der Waals surface area contributed by atoms with Crippen molar-refractivity contribution in [3.63, 3.8) is 0 Å². The van der Waals surface area contributed by atoms with E-state index in [1.54, 1.807) is 0 Å². The van der Waals surface area contributed by atoms with Crippen LogP contribution in [-0.2, 0) is 9.47 Å². The molecule has 3 heterocycles. The molecule has 3 fully saturated rings. The van der Waals surface area contributed by atoms with Crippen LogP contribution in [0.5, 0.6) is 0 Å². The first-order chi connectivity index (χ1) is 12.1. The van der Waals surface area contributed by atoms with Crippen molar-refractivity contribution in [1.29, 1.82) is 0 Å². The quantitative estimate of drug-likeness (QED) is 0.891. The molecule has 1 amide bonds. The van der Waals surface area contributed by atoms with E-state index in [9.17, 15) is 4.79 Å². The van der Waals surface area contributed by atoms with E-state index in [0.29, 0.717) is 0 Å². The Kier molecular flexibility index (Phi) is 4.63. The molecule has 1 N–H and O–H groups in total. The Labute approximate surface area is 150 Å². The van der Waals surface area contributed by atoms with Gasteiger partial charge < -0.3 is 19.4 Å². The zero-order valence-corrected chi connectivity index (χ0v) is 15.5. The smallest absolute Gasteiger partial charge is 0.255 e. The third-order valence-corrected chi connectivity index (χ3v) is 6.10. The van der Waals surface area contributed by atoms with Gasteiger partial charge in [-0.1, -0.05) is 0 Å². The van der Waals surface area contributed by atoms with Crippen LogP contribution in [-0.4, -0.2) is 54.8 Å². The molecule has 25 heavy (non-hydrogen) atoms. The number of aromatic amines is 1. The Morgan fingerprint density at radius 1 is 1.40 bits per heavy atom. The fourth-order valence-electron chi connectivity index (χ4n) is 4.50. The van der Waals surface area contributed by atoms with Gasteiger partial charge in [0, 0.05) is 43.1 Å². The molecule has 0 aromatic carbocycles. The second-order valence-corrected chi connectivity index (χ2v) is 8.29. The molecule has 2 saturated heterocycles. The molecule has 4 rings (SSSR count). The molecule has 3 aliphatic rings. The van der Waals surface area contributed by atoms with Gasteiger partial charge in [-0.25, -0.2) is 0 Å². The highest BCUT2D eigenvalue weighted by Gasteiger charge is 2.47. The zero-order chi connectivity index (χ0) is 17.4. The molecule has 2 atom stereocenters. The van der Waals surface area contributed by atoms with E-state index >= 15 is 0 Å². The molecule has 1 aromatic heterocycles. The van der Waals surface area contributed by atoms with Crippen LogP contribution in [0.25, 0.3) is 0 Å². The molecular weight excluding hydrogens is 316 g/mol. The number of piperidine rings is 1. The van der Waals surface area contributed by atoms with Crippen LogP contribution >= 0.6 is 0 Å². The molecular formula is C20H30N2O3. The lowest BCUT2D eigenvalue weighted by Gasteiger charge is -2.50. The number of likely N-dealkylation sites (tertiary alicyclic amines) is 1. The van der Waals surface area contributed by atoms with Crippen LogP contribution in [0.3, 0.4) is 0 Å². The highest BCUT2D eigenvalue weighted by atomic mass is 16.5. The largest absolute Gasteiger partial charge is 0.380 e. The minimum atomic E-state index is -0.0275. The molecule has 1 saturated carbocycles. The topological polar surface area (TPSA) is 54.6 Å². The van der Waals surface area contributed by atoms with Gasteiger partial charge in [-0.05, 0) is 57.9 Å². The van der Waals surface area contributed by atoms with Crippen molar-refractivity contribution >= 4 is 5.91 Å². The maximum Gasteiger partial charge on any atom is 0.255 e. The third-order valence-electron chi connectivity index (χ3n) is 6.10. The minimum Gasteiger partial charge on any atom is -0.380 e. The summed E-state index contributed by atoms with van der Waals surface area (Å²) in [4.78, 5) is 18.3. The number of rotatable bonds is 5. The SMILES string of the molecule is Cc1cc(C(=O)N2CCC3OCCCC3(COCC3CC3)C2)c(C)[nH]1. The van der Waals surface area contributed by atoms with Gasteiger partial charge >= 0.3 is 0 Å². The number of hydrogen-bond donors (Lipinski definition) is 1. The summed E-state index contributed by atoms with van der Waals surface area (Å²) in [5.41, 5.74) is 2.78. The number of ether oxygens (including phenoxy) is 2. The summed E-state index contributed by atoms with van der Waals surface area (Å²) < 4.78 is 12.2. The van der Waals surface area contributed by atoms with E-state index in [-0.39, 0.29) is 17.4 Å². The molecule has 2 aliphatic heterocycles. The Morgan fingerprint density at radius 3 is 2.96 bits per heavy atom. The number of nitrogens with zero attached hydrogens (tertiary/aromatic N) is 1. The van der Waals surface area contributed by atoms with Gasteiger partial charge in [-0.15, -0.1) is 0 Å². The molecule has 138 valence electrons. The molecule has 1 aromatic rings. The van der Waals surface area contributed by atoms with Crippen molar-refractivity contribution in [2.75, 3.05) is 32.9 Å². The minimum absolute atomic E-state index is 0.0275. The number of aromatic nitrogens is 1. The van der Waals surface area contributed by atoms with Gasteiger partial charge in [0.25, 0.3) is 5.91 Å². The van der Waals surface area contributed by atoms with Crippen molar-refractivity contribution in [1.82, 2.24) is 9.88 Å². The van der Waals surface area contributed by atoms with Crippen LogP contribution in [0.1, 0.15) is 53.8 Å². The van der Waals surface area contributed by atoms with Crippen LogP contribution in [0.4, 0.5) is 0 Å². The Bertz CT molecular complexity index is 637. The van der Waals surface area contributed by atoms with Crippen molar-refractivity contribution < 1.29 is 14.3 Å². The second kappa shape index (κ2) is 6.76. The standard InChI is InChI=1S/C20H30N2O3/c1-14-10-17(15(2)21-14)19(23)22-8-6-18-20(12-22,7-3-9-25-18)13-24-11-16-4-5-16/h10,16,18,21H,3-9,11-13H2,1-2H3. The zero-order valence-electron chi connectivity index (χ0n) is 15.5. The van der Waals surface area contributed by atoms with Crippen molar-refractivity contribution in [2.45, 2.75) is 52.1 Å². The third kappa shape index (κ3) is 3.49. The van der Waals surface area contributed by atoms with E-state index in [1.165, 1.54) is 12.8 Å². The molecule has 0 radical (unpaired) electrons. The first-order valence-corrected chi connectivity index (χ1v) is 9.72. The van der Waals surface area contributed by atoms with E-state index in [0.717, 1.165) is 75.0 Å². The summed E-state index contributed by atoms with van der Waals surface area (Å²) in [6, 6.07) is 1.97. The highest BCUT2D eigenvalue weighted by molar-refractivity contribution is 5.95. The van der Waals surface area contributed by atoms with Crippen molar-refractivity contribution in [3.8, 4) is 0 Å². The lowest BCUT2D eigenvalue weighted by Crippen LogP contribution is -2.58. The van der Waals surface area contributed by atoms with E-state index in [4.69, 9.17) is 9.47 Å². The number of amides is 1. The average molecular weight is 346 g/mol. The maximum atomic E-state index is 13.1. The summed E-state index contributed by atoms with van der Waals surface area (Å²) in [6.45, 7) is 7.95. The van der Waals surface area contributed by atoms with Gasteiger partial charge in [0.15, 0.2) is 0 Å². The molecule has 1 aliphatic carbocycles. The van der Waals surface area contributed by atoms with E-state index < -0.39 is 0 Å². The Balaban J connectivity index is 1.48. The number of aryl methyl sites for hydroxylation is 2. The van der Waals surface area contributed by atoms with E-state index in [1.807, 2.05) is 24.8 Å². The fourth-order valence-corrected chi connectivity index (χ4v) is 4.50. The van der Waals surface area contributed by atoms with Gasteiger partial charge in [0.05, 0.1) is 18.3 Å². The lowest BCUT2D eigenvalue weighted by molar-refractivity contribution is -0.147. The normalized spacial score (nSPS) is 29.5. The van der Waals surface area contributed by atoms with E-state index in [2.05, 4.69) is 4.98 Å². The number of H-pyrrole nitrogens is 1. The lowest BCUT2D eigenvalue weighted by atomic mass is 9.73. The van der Waals surface area contributed by atoms with Gasteiger partial charge in [-0.3, -0.25) is 4.79 Å². The Hall–Kier alpha value is -1.33. The molecule has 0 spiro atoms. The monoisotopic (exact) mass is 346 g/mol. The second-order valence-electron chi connectivity index (χ2n) is 8.29. The summed E-state index contributed by atoms with van der Waals surface area (Å²) in [5.74, 6) is 0.915. The summed E-state index contributed by atoms with van der Waals surface area (Å²) in [7, 11) is 0. The molecule has 0 bridgehead atoms. The Morgan fingerprint density at radius 2 is 2.24 bits per heavy atom. The van der Waals surface area contributed by atoms with Gasteiger partial charge in [0.2, 0.25) is 0 Å². The number of carbonyl (C=O) groups excluding carboxylic acids is 1. The van der Waals surface area contributed by atoms with Crippen LogP contribution in [0.15, 0.2) is 6.07 Å². The molecule has 5 heteroatoms. The first-order valence-electron chi connectivity index (χ1n) is 9.72. The van der Waals surface area contributed by atoms with Crippen LogP contribution in [0.2, 0.25) is 0 Å². The summed E-state index contributed by atoms with van der Waals surface area (Å²) in [5, 5.41) is 0. The maximum absolute atomic E-state index is 13.1. The number of carbonyl (C=O) groups is 1. The predicted molar refractivity (Wildman–Crippen MR) is 95.7 cm³/mol. The molecule has 5 nitrogen and oxygen atoms in total. The van der Waals surface area contributed by atoms with Crippen LogP contribution in [0, 0.1) is 25.2 Å². The first kappa shape index (κ1) is 17.1. The van der Waals surface area contributed by atoms with Crippen molar-refractivity contribution in [3.05, 3.63) is 23.0 Å². The fraction of sp³-hybridized carbons (Fsp3) is 0.750. The van der Waals surface area contributed by atoms with Crippen molar-refractivity contribution in [2.24, 2.45) is 11.3 Å². The summed E-state index contributed by atoms with van der Waals surface area (Å²) in [6.07, 6.45) is 5.93.